The molecule has 1 unspecified atom stereocenters. The van der Waals surface area contributed by atoms with E-state index in [-0.39, 0.29) is 24.4 Å². The Hall–Kier alpha value is -2.08. The van der Waals surface area contributed by atoms with Crippen LogP contribution in [0.5, 0.6) is 0 Å². The Bertz CT molecular complexity index is 967. The molecule has 7 heteroatoms. The first kappa shape index (κ1) is 21.6. The van der Waals surface area contributed by atoms with Gasteiger partial charge >= 0.3 is 0 Å². The molecule has 4 rings (SSSR count). The maximum Gasteiger partial charge on any atom is 0.290 e. The SMILES string of the molecule is Cc1c(C(=O)N(Cc2ccccn2)C2CCCNCC2)oc2c(Cl)cccc12.Cl. The van der Waals surface area contributed by atoms with Gasteiger partial charge in [-0.25, -0.2) is 0 Å². The fraction of sp³-hybridized carbons (Fsp3) is 0.364. The number of carbonyl (C=O) groups excluding carboxylic acids is 1. The van der Waals surface area contributed by atoms with Crippen molar-refractivity contribution in [3.63, 3.8) is 0 Å². The maximum absolute atomic E-state index is 13.6. The van der Waals surface area contributed by atoms with Gasteiger partial charge in [-0.15, -0.1) is 12.4 Å². The summed E-state index contributed by atoms with van der Waals surface area (Å²) in [5.41, 5.74) is 2.28. The fourth-order valence-corrected chi connectivity index (χ4v) is 4.10. The topological polar surface area (TPSA) is 58.4 Å². The molecule has 0 saturated carbocycles. The Morgan fingerprint density at radius 3 is 2.86 bits per heavy atom. The van der Waals surface area contributed by atoms with E-state index in [0.29, 0.717) is 22.9 Å². The number of nitrogens with zero attached hydrogens (tertiary/aromatic N) is 2. The second-order valence-electron chi connectivity index (χ2n) is 7.26. The molecule has 0 spiro atoms. The summed E-state index contributed by atoms with van der Waals surface area (Å²) in [6, 6.07) is 11.5. The third kappa shape index (κ3) is 4.58. The van der Waals surface area contributed by atoms with E-state index < -0.39 is 0 Å². The molecular formula is C22H25Cl2N3O2. The minimum absolute atomic E-state index is 0. The van der Waals surface area contributed by atoms with Gasteiger partial charge in [-0.2, -0.15) is 0 Å². The lowest BCUT2D eigenvalue weighted by Gasteiger charge is -2.30. The highest BCUT2D eigenvalue weighted by atomic mass is 35.5. The van der Waals surface area contributed by atoms with Gasteiger partial charge in [0, 0.05) is 23.2 Å². The standard InChI is InChI=1S/C22H24ClN3O2.ClH/c1-15-18-8-4-9-19(23)21(18)28-20(15)22(27)26(14-16-6-2-3-12-25-16)17-7-5-11-24-13-10-17;/h2-4,6,8-9,12,17,24H,5,7,10-11,13-14H2,1H3;1H. The van der Waals surface area contributed by atoms with Crippen molar-refractivity contribution in [1.82, 2.24) is 15.2 Å². The van der Waals surface area contributed by atoms with E-state index in [9.17, 15) is 4.79 Å². The first-order valence-corrected chi connectivity index (χ1v) is 10.1. The van der Waals surface area contributed by atoms with Gasteiger partial charge in [-0.3, -0.25) is 9.78 Å². The number of aromatic nitrogens is 1. The number of carbonyl (C=O) groups is 1. The van der Waals surface area contributed by atoms with E-state index >= 15 is 0 Å². The van der Waals surface area contributed by atoms with Crippen LogP contribution in [-0.4, -0.2) is 34.9 Å². The zero-order chi connectivity index (χ0) is 19.5. The summed E-state index contributed by atoms with van der Waals surface area (Å²) in [6.07, 6.45) is 4.69. The van der Waals surface area contributed by atoms with Gasteiger partial charge in [0.05, 0.1) is 17.3 Å². The number of para-hydroxylation sites is 1. The molecular weight excluding hydrogens is 409 g/mol. The molecule has 154 valence electrons. The lowest BCUT2D eigenvalue weighted by Crippen LogP contribution is -2.40. The molecule has 29 heavy (non-hydrogen) atoms. The minimum Gasteiger partial charge on any atom is -0.449 e. The molecule has 3 heterocycles. The van der Waals surface area contributed by atoms with Crippen LogP contribution in [0.3, 0.4) is 0 Å². The van der Waals surface area contributed by atoms with Gasteiger partial charge in [0.25, 0.3) is 5.91 Å². The minimum atomic E-state index is -0.0951. The number of rotatable bonds is 4. The number of fused-ring (bicyclic) bond motifs is 1. The average molecular weight is 434 g/mol. The number of halogens is 2. The van der Waals surface area contributed by atoms with Crippen LogP contribution >= 0.6 is 24.0 Å². The first-order chi connectivity index (χ1) is 13.6. The Morgan fingerprint density at radius 2 is 2.10 bits per heavy atom. The van der Waals surface area contributed by atoms with Gasteiger partial charge in [-0.1, -0.05) is 29.8 Å². The van der Waals surface area contributed by atoms with Crippen molar-refractivity contribution in [3.8, 4) is 0 Å². The van der Waals surface area contributed by atoms with Crippen LogP contribution in [0.1, 0.15) is 41.1 Å². The van der Waals surface area contributed by atoms with Crippen LogP contribution < -0.4 is 5.32 Å². The van der Waals surface area contributed by atoms with Crippen LogP contribution in [-0.2, 0) is 6.54 Å². The van der Waals surface area contributed by atoms with Crippen LogP contribution in [0, 0.1) is 6.92 Å². The summed E-state index contributed by atoms with van der Waals surface area (Å²) in [7, 11) is 0. The van der Waals surface area contributed by atoms with Crippen molar-refractivity contribution < 1.29 is 9.21 Å². The molecule has 0 bridgehead atoms. The molecule has 5 nitrogen and oxygen atoms in total. The number of benzene rings is 1. The quantitative estimate of drug-likeness (QED) is 0.628. The van der Waals surface area contributed by atoms with Gasteiger partial charge < -0.3 is 14.6 Å². The second kappa shape index (κ2) is 9.61. The van der Waals surface area contributed by atoms with E-state index in [0.717, 1.165) is 49.0 Å². The summed E-state index contributed by atoms with van der Waals surface area (Å²) >= 11 is 6.29. The molecule has 1 N–H and O–H groups in total. The van der Waals surface area contributed by atoms with E-state index in [4.69, 9.17) is 16.0 Å². The smallest absolute Gasteiger partial charge is 0.290 e. The number of nitrogens with one attached hydrogen (secondary N) is 1. The van der Waals surface area contributed by atoms with E-state index in [1.807, 2.05) is 42.2 Å². The number of hydrogen-bond donors (Lipinski definition) is 1. The highest BCUT2D eigenvalue weighted by Gasteiger charge is 2.30. The molecule has 0 radical (unpaired) electrons. The molecule has 0 aliphatic carbocycles. The van der Waals surface area contributed by atoms with Crippen LogP contribution in [0.4, 0.5) is 0 Å². The lowest BCUT2D eigenvalue weighted by molar-refractivity contribution is 0.0611. The molecule has 1 amide bonds. The Balaban J connectivity index is 0.00000240. The average Bonchev–Trinajstić information content (AvgIpc) is 2.89. The third-order valence-electron chi connectivity index (χ3n) is 5.42. The Labute approximate surface area is 181 Å². The normalized spacial score (nSPS) is 16.8. The van der Waals surface area contributed by atoms with Crippen molar-refractivity contribution in [1.29, 1.82) is 0 Å². The fourth-order valence-electron chi connectivity index (χ4n) is 3.89. The first-order valence-electron chi connectivity index (χ1n) is 9.74. The Morgan fingerprint density at radius 1 is 1.24 bits per heavy atom. The predicted molar refractivity (Wildman–Crippen MR) is 118 cm³/mol. The van der Waals surface area contributed by atoms with E-state index in [1.54, 1.807) is 12.3 Å². The van der Waals surface area contributed by atoms with Crippen molar-refractivity contribution in [2.75, 3.05) is 13.1 Å². The molecule has 3 aromatic rings. The van der Waals surface area contributed by atoms with Crippen molar-refractivity contribution in [2.24, 2.45) is 0 Å². The summed E-state index contributed by atoms with van der Waals surface area (Å²) in [6.45, 7) is 4.28. The molecule has 1 aliphatic rings. The summed E-state index contributed by atoms with van der Waals surface area (Å²) in [5.74, 6) is 0.276. The predicted octanol–water partition coefficient (Wildman–Crippen LogP) is 5.00. The van der Waals surface area contributed by atoms with E-state index in [1.165, 1.54) is 0 Å². The van der Waals surface area contributed by atoms with Crippen molar-refractivity contribution in [2.45, 2.75) is 38.8 Å². The molecule has 1 atom stereocenters. The highest BCUT2D eigenvalue weighted by Crippen LogP contribution is 2.32. The zero-order valence-corrected chi connectivity index (χ0v) is 17.9. The number of aryl methyl sites for hydroxylation is 1. The molecule has 1 aromatic carbocycles. The van der Waals surface area contributed by atoms with Crippen LogP contribution in [0.2, 0.25) is 5.02 Å². The number of pyridine rings is 1. The van der Waals surface area contributed by atoms with Gasteiger partial charge in [0.1, 0.15) is 0 Å². The van der Waals surface area contributed by atoms with Crippen LogP contribution in [0.25, 0.3) is 11.0 Å². The summed E-state index contributed by atoms with van der Waals surface area (Å²) < 4.78 is 5.97. The molecule has 1 aliphatic heterocycles. The monoisotopic (exact) mass is 433 g/mol. The lowest BCUT2D eigenvalue weighted by atomic mass is 10.1. The maximum atomic E-state index is 13.6. The van der Waals surface area contributed by atoms with E-state index in [2.05, 4.69) is 10.3 Å². The van der Waals surface area contributed by atoms with Gasteiger partial charge in [0.2, 0.25) is 0 Å². The number of furan rings is 1. The van der Waals surface area contributed by atoms with Crippen LogP contribution in [0.15, 0.2) is 47.0 Å². The molecule has 1 saturated heterocycles. The number of hydrogen-bond acceptors (Lipinski definition) is 4. The van der Waals surface area contributed by atoms with Gasteiger partial charge in [0.15, 0.2) is 11.3 Å². The third-order valence-corrected chi connectivity index (χ3v) is 5.71. The largest absolute Gasteiger partial charge is 0.449 e. The Kier molecular flexibility index (Phi) is 7.17. The highest BCUT2D eigenvalue weighted by molar-refractivity contribution is 6.35. The summed E-state index contributed by atoms with van der Waals surface area (Å²) in [4.78, 5) is 20.0. The second-order valence-corrected chi connectivity index (χ2v) is 7.67. The molecule has 2 aromatic heterocycles. The van der Waals surface area contributed by atoms with Gasteiger partial charge in [-0.05, 0) is 57.5 Å². The zero-order valence-electron chi connectivity index (χ0n) is 16.4. The van der Waals surface area contributed by atoms with Crippen molar-refractivity contribution >= 4 is 40.9 Å². The molecule has 1 fully saturated rings. The summed E-state index contributed by atoms with van der Waals surface area (Å²) in [5, 5.41) is 4.83. The number of amides is 1. The van der Waals surface area contributed by atoms with Crippen molar-refractivity contribution in [3.05, 3.63) is 64.6 Å².